The molecule has 0 unspecified atom stereocenters. The van der Waals surface area contributed by atoms with Gasteiger partial charge in [-0.2, -0.15) is 17.6 Å². The first-order valence-corrected chi connectivity index (χ1v) is 4.67. The quantitative estimate of drug-likeness (QED) is 0.629. The van der Waals surface area contributed by atoms with Crippen LogP contribution in [0.2, 0.25) is 0 Å². The van der Waals surface area contributed by atoms with E-state index in [0.29, 0.717) is 0 Å². The lowest BCUT2D eigenvalue weighted by atomic mass is 9.72. The molecule has 15 heavy (non-hydrogen) atoms. The maximum Gasteiger partial charge on any atom is 0.317 e. The lowest BCUT2D eigenvalue weighted by Crippen LogP contribution is -2.56. The lowest BCUT2D eigenvalue weighted by Gasteiger charge is -2.44. The van der Waals surface area contributed by atoms with Crippen LogP contribution in [0.25, 0.3) is 0 Å². The third-order valence-corrected chi connectivity index (χ3v) is 2.87. The summed E-state index contributed by atoms with van der Waals surface area (Å²) in [6.07, 6.45) is -0.761. The Morgan fingerprint density at radius 1 is 1.07 bits per heavy atom. The second kappa shape index (κ2) is 2.97. The average molecular weight is 218 g/mol. The lowest BCUT2D eigenvalue weighted by molar-refractivity contribution is -0.290. The summed E-state index contributed by atoms with van der Waals surface area (Å²) in [5.41, 5.74) is 1.21. The first kappa shape index (κ1) is 10.5. The molecule has 0 bridgehead atoms. The number of rotatable bonds is 1. The molecule has 0 amide bonds. The average Bonchev–Trinajstić information content (AvgIpc) is 2.16. The molecule has 0 spiro atoms. The largest absolute Gasteiger partial charge is 0.317 e. The van der Waals surface area contributed by atoms with Gasteiger partial charge in [-0.05, 0) is 12.5 Å². The van der Waals surface area contributed by atoms with E-state index in [1.165, 1.54) is 12.1 Å². The number of halogens is 4. The molecule has 0 aromatic heterocycles. The topological polar surface area (TPSA) is 0 Å². The second-order valence-electron chi connectivity index (χ2n) is 3.99. The molecule has 1 aromatic carbocycles. The first-order valence-electron chi connectivity index (χ1n) is 4.67. The molecular formula is C11H10F4. The first-order chi connectivity index (χ1) is 6.84. The molecule has 4 heteroatoms. The van der Waals surface area contributed by atoms with Gasteiger partial charge < -0.3 is 0 Å². The zero-order valence-corrected chi connectivity index (χ0v) is 8.11. The van der Waals surface area contributed by atoms with E-state index in [4.69, 9.17) is 0 Å². The minimum Gasteiger partial charge on any atom is -0.200 e. The van der Waals surface area contributed by atoms with Gasteiger partial charge in [-0.1, -0.05) is 29.8 Å². The second-order valence-corrected chi connectivity index (χ2v) is 3.99. The Morgan fingerprint density at radius 2 is 1.60 bits per heavy atom. The Labute approximate surface area is 84.9 Å². The van der Waals surface area contributed by atoms with Crippen LogP contribution in [0.5, 0.6) is 0 Å². The predicted octanol–water partition coefficient (Wildman–Crippen LogP) is 3.75. The van der Waals surface area contributed by atoms with Gasteiger partial charge in [0.1, 0.15) is 0 Å². The summed E-state index contributed by atoms with van der Waals surface area (Å²) in [7, 11) is 0. The van der Waals surface area contributed by atoms with Crippen molar-refractivity contribution in [2.45, 2.75) is 31.1 Å². The normalized spacial score (nSPS) is 27.1. The van der Waals surface area contributed by atoms with Crippen LogP contribution in [0.1, 0.15) is 23.5 Å². The smallest absolute Gasteiger partial charge is 0.200 e. The van der Waals surface area contributed by atoms with Crippen molar-refractivity contribution in [3.63, 3.8) is 0 Å². The van der Waals surface area contributed by atoms with Crippen LogP contribution in [-0.2, 0) is 0 Å². The zero-order chi connectivity index (χ0) is 11.3. The van der Waals surface area contributed by atoms with Crippen LogP contribution >= 0.6 is 0 Å². The molecule has 82 valence electrons. The van der Waals surface area contributed by atoms with Crippen molar-refractivity contribution in [1.82, 2.24) is 0 Å². The van der Waals surface area contributed by atoms with Gasteiger partial charge in [0.2, 0.25) is 0 Å². The fraction of sp³-hybridized carbons (Fsp3) is 0.455. The van der Waals surface area contributed by atoms with Crippen molar-refractivity contribution in [3.8, 4) is 0 Å². The van der Waals surface area contributed by atoms with E-state index >= 15 is 0 Å². The van der Waals surface area contributed by atoms with Crippen LogP contribution in [0, 0.1) is 6.92 Å². The highest BCUT2D eigenvalue weighted by molar-refractivity contribution is 5.31. The zero-order valence-electron chi connectivity index (χ0n) is 8.11. The molecule has 1 aliphatic rings. The van der Waals surface area contributed by atoms with Crippen LogP contribution in [0.15, 0.2) is 24.3 Å². The Morgan fingerprint density at radius 3 is 2.00 bits per heavy atom. The van der Waals surface area contributed by atoms with Gasteiger partial charge in [0, 0.05) is 6.42 Å². The van der Waals surface area contributed by atoms with Gasteiger partial charge in [0.05, 0.1) is 5.92 Å². The van der Waals surface area contributed by atoms with Crippen molar-refractivity contribution in [2.75, 3.05) is 0 Å². The fourth-order valence-corrected chi connectivity index (χ4v) is 1.77. The van der Waals surface area contributed by atoms with Gasteiger partial charge in [0.15, 0.2) is 0 Å². The third kappa shape index (κ3) is 1.43. The Bertz CT molecular complexity index is 367. The fourth-order valence-electron chi connectivity index (χ4n) is 1.77. The molecule has 1 atom stereocenters. The van der Waals surface area contributed by atoms with Crippen molar-refractivity contribution in [3.05, 3.63) is 35.4 Å². The standard InChI is InChI=1S/C11H10F4/c1-7-2-4-8(5-3-7)9-6-10(12,13)11(9,14)15/h2-5,9H,6H2,1H3/t9-/m1/s1. The minimum absolute atomic E-state index is 0.288. The highest BCUT2D eigenvalue weighted by atomic mass is 19.3. The number of aryl methyl sites for hydroxylation is 1. The van der Waals surface area contributed by atoms with E-state index in [9.17, 15) is 17.6 Å². The molecule has 2 rings (SSSR count). The number of hydrogen-bond acceptors (Lipinski definition) is 0. The minimum atomic E-state index is -3.90. The number of alkyl halides is 4. The highest BCUT2D eigenvalue weighted by Crippen LogP contribution is 2.59. The molecule has 0 radical (unpaired) electrons. The molecule has 0 aliphatic heterocycles. The molecular weight excluding hydrogens is 208 g/mol. The summed E-state index contributed by atoms with van der Waals surface area (Å²) >= 11 is 0. The van der Waals surface area contributed by atoms with Crippen LogP contribution in [0.3, 0.4) is 0 Å². The Balaban J connectivity index is 2.25. The Hall–Kier alpha value is -1.06. The molecule has 0 heterocycles. The molecule has 1 aromatic rings. The highest BCUT2D eigenvalue weighted by Gasteiger charge is 2.71. The van der Waals surface area contributed by atoms with Gasteiger partial charge >= 0.3 is 11.8 Å². The van der Waals surface area contributed by atoms with E-state index in [-0.39, 0.29) is 5.56 Å². The van der Waals surface area contributed by atoms with Crippen molar-refractivity contribution < 1.29 is 17.6 Å². The van der Waals surface area contributed by atoms with Crippen LogP contribution in [-0.4, -0.2) is 11.8 Å². The van der Waals surface area contributed by atoms with Gasteiger partial charge in [0.25, 0.3) is 0 Å². The van der Waals surface area contributed by atoms with Crippen LogP contribution < -0.4 is 0 Å². The monoisotopic (exact) mass is 218 g/mol. The summed E-state index contributed by atoms with van der Waals surface area (Å²) in [6, 6.07) is 6.29. The molecule has 0 nitrogen and oxygen atoms in total. The Kier molecular flexibility index (Phi) is 2.07. The molecule has 0 N–H and O–H groups in total. The summed E-state index contributed by atoms with van der Waals surface area (Å²) in [4.78, 5) is 0. The van der Waals surface area contributed by atoms with Crippen molar-refractivity contribution >= 4 is 0 Å². The van der Waals surface area contributed by atoms with Crippen LogP contribution in [0.4, 0.5) is 17.6 Å². The summed E-state index contributed by atoms with van der Waals surface area (Å²) in [6.45, 7) is 1.82. The van der Waals surface area contributed by atoms with E-state index in [2.05, 4.69) is 0 Å². The molecule has 1 aliphatic carbocycles. The number of benzene rings is 1. The van der Waals surface area contributed by atoms with Gasteiger partial charge in [-0.15, -0.1) is 0 Å². The van der Waals surface area contributed by atoms with E-state index in [1.54, 1.807) is 12.1 Å². The van der Waals surface area contributed by atoms with E-state index in [0.717, 1.165) is 5.56 Å². The summed E-state index contributed by atoms with van der Waals surface area (Å²) in [5.74, 6) is -9.08. The molecule has 0 saturated heterocycles. The van der Waals surface area contributed by atoms with E-state index < -0.39 is 24.2 Å². The maximum atomic E-state index is 13.0. The SMILES string of the molecule is Cc1ccc([C@H]2CC(F)(F)C2(F)F)cc1. The summed E-state index contributed by atoms with van der Waals surface area (Å²) < 4.78 is 51.2. The summed E-state index contributed by atoms with van der Waals surface area (Å²) in [5, 5.41) is 0. The van der Waals surface area contributed by atoms with Gasteiger partial charge in [-0.25, -0.2) is 0 Å². The maximum absolute atomic E-state index is 13.0. The van der Waals surface area contributed by atoms with Crippen molar-refractivity contribution in [1.29, 1.82) is 0 Å². The van der Waals surface area contributed by atoms with Crippen molar-refractivity contribution in [2.24, 2.45) is 0 Å². The predicted molar refractivity (Wildman–Crippen MR) is 48.4 cm³/mol. The number of hydrogen-bond donors (Lipinski definition) is 0. The van der Waals surface area contributed by atoms with E-state index in [1.807, 2.05) is 6.92 Å². The third-order valence-electron chi connectivity index (χ3n) is 2.87. The van der Waals surface area contributed by atoms with Gasteiger partial charge in [-0.3, -0.25) is 0 Å². The molecule has 1 saturated carbocycles. The molecule has 1 fully saturated rings.